The standard InChI is InChI=1S/C6H5NO2.Pr/c8-6(9)5-2-1-3-7-4-5;/h1-4H,(H,8,9);/q;+3/p-1. The molecule has 0 unspecified atom stereocenters. The maximum absolute atomic E-state index is 10.0. The zero-order valence-corrected chi connectivity index (χ0v) is 8.85. The summed E-state index contributed by atoms with van der Waals surface area (Å²) in [6.45, 7) is 0. The van der Waals surface area contributed by atoms with Crippen LogP contribution in [0.25, 0.3) is 0 Å². The van der Waals surface area contributed by atoms with Crippen LogP contribution in [0.4, 0.5) is 0 Å². The van der Waals surface area contributed by atoms with Crippen molar-refractivity contribution in [2.75, 3.05) is 0 Å². The minimum absolute atomic E-state index is 0. The fourth-order valence-corrected chi connectivity index (χ4v) is 0.484. The molecule has 1 rings (SSSR count). The molecule has 10 heavy (non-hydrogen) atoms. The van der Waals surface area contributed by atoms with Crippen LogP contribution in [0.3, 0.4) is 0 Å². The van der Waals surface area contributed by atoms with E-state index in [0.717, 1.165) is 0 Å². The molecule has 0 atom stereocenters. The average Bonchev–Trinajstić information content (AvgIpc) is 1.90. The molecule has 0 aliphatic rings. The molecule has 0 N–H and O–H groups in total. The van der Waals surface area contributed by atoms with Gasteiger partial charge in [-0.05, 0) is 6.07 Å². The quantitative estimate of drug-likeness (QED) is 0.682. The van der Waals surface area contributed by atoms with E-state index in [9.17, 15) is 9.90 Å². The fourth-order valence-electron chi connectivity index (χ4n) is 0.484. The second-order valence-electron chi connectivity index (χ2n) is 1.53. The number of aromatic nitrogens is 1. The van der Waals surface area contributed by atoms with Crippen molar-refractivity contribution in [2.24, 2.45) is 0 Å². The number of pyridine rings is 1. The predicted molar refractivity (Wildman–Crippen MR) is 28.6 cm³/mol. The number of carboxylic acids is 1. The van der Waals surface area contributed by atoms with Crippen molar-refractivity contribution in [3.63, 3.8) is 0 Å². The fraction of sp³-hybridized carbons (Fsp3) is 0. The minimum Gasteiger partial charge on any atom is -0.545 e. The number of carbonyl (C=O) groups is 1. The van der Waals surface area contributed by atoms with Gasteiger partial charge in [0, 0.05) is 18.0 Å². The minimum atomic E-state index is -1.19. The molecule has 0 amide bonds. The van der Waals surface area contributed by atoms with E-state index in [1.807, 2.05) is 0 Å². The molecule has 0 fully saturated rings. The molecule has 1 aromatic rings. The number of hydrogen-bond donors (Lipinski definition) is 0. The van der Waals surface area contributed by atoms with Crippen molar-refractivity contribution in [1.29, 1.82) is 0 Å². The van der Waals surface area contributed by atoms with Crippen molar-refractivity contribution in [2.45, 2.75) is 0 Å². The van der Waals surface area contributed by atoms with Crippen LogP contribution < -0.4 is 5.11 Å². The molecule has 0 aromatic carbocycles. The van der Waals surface area contributed by atoms with Crippen LogP contribution in [-0.2, 0) is 0 Å². The van der Waals surface area contributed by atoms with Gasteiger partial charge in [0.2, 0.25) is 0 Å². The molecule has 1 heterocycles. The van der Waals surface area contributed by atoms with Crippen molar-refractivity contribution < 1.29 is 51.2 Å². The number of carbonyl (C=O) groups excluding carboxylic acids is 1. The Bertz CT molecular complexity index is 212. The van der Waals surface area contributed by atoms with Crippen molar-refractivity contribution >= 4 is 5.97 Å². The van der Waals surface area contributed by atoms with Gasteiger partial charge in [0.15, 0.2) is 0 Å². The van der Waals surface area contributed by atoms with Gasteiger partial charge in [0.05, 0.1) is 5.97 Å². The van der Waals surface area contributed by atoms with Crippen LogP contribution in [0.5, 0.6) is 0 Å². The molecule has 0 saturated heterocycles. The predicted octanol–water partition coefficient (Wildman–Crippen LogP) is -0.555. The van der Waals surface area contributed by atoms with E-state index in [1.165, 1.54) is 18.5 Å². The molecule has 0 radical (unpaired) electrons. The Balaban J connectivity index is 0.000000810. The van der Waals surface area contributed by atoms with Crippen LogP contribution >= 0.6 is 0 Å². The molecular weight excluding hydrogens is 259 g/mol. The summed E-state index contributed by atoms with van der Waals surface area (Å²) in [5.41, 5.74) is 0.109. The Morgan fingerprint density at radius 1 is 1.60 bits per heavy atom. The molecule has 0 saturated carbocycles. The molecule has 4 heteroatoms. The number of hydrogen-bond acceptors (Lipinski definition) is 3. The Morgan fingerprint density at radius 3 is 2.60 bits per heavy atom. The van der Waals surface area contributed by atoms with Gasteiger partial charge in [-0.3, -0.25) is 4.98 Å². The van der Waals surface area contributed by atoms with E-state index in [-0.39, 0.29) is 46.9 Å². The molecule has 3 nitrogen and oxygen atoms in total. The molecule has 0 aliphatic carbocycles. The van der Waals surface area contributed by atoms with E-state index in [4.69, 9.17) is 0 Å². The monoisotopic (exact) mass is 263 g/mol. The van der Waals surface area contributed by atoms with Crippen LogP contribution in [0, 0.1) is 41.3 Å². The van der Waals surface area contributed by atoms with Gasteiger partial charge in [-0.1, -0.05) is 6.07 Å². The molecule has 46 valence electrons. The summed E-state index contributed by atoms with van der Waals surface area (Å²) in [7, 11) is 0. The summed E-state index contributed by atoms with van der Waals surface area (Å²) in [6.07, 6.45) is 2.75. The van der Waals surface area contributed by atoms with Gasteiger partial charge in [-0.2, -0.15) is 0 Å². The molecule has 0 spiro atoms. The van der Waals surface area contributed by atoms with E-state index in [2.05, 4.69) is 4.98 Å². The largest absolute Gasteiger partial charge is 3.00 e. The van der Waals surface area contributed by atoms with Gasteiger partial charge in [0.25, 0.3) is 0 Å². The zero-order chi connectivity index (χ0) is 6.69. The topological polar surface area (TPSA) is 53.0 Å². The van der Waals surface area contributed by atoms with Crippen molar-refractivity contribution in [3.8, 4) is 0 Å². The zero-order valence-electron chi connectivity index (χ0n) is 5.15. The third-order valence-electron chi connectivity index (χ3n) is 0.897. The van der Waals surface area contributed by atoms with Crippen LogP contribution in [-0.4, -0.2) is 11.0 Å². The third-order valence-corrected chi connectivity index (χ3v) is 0.897. The van der Waals surface area contributed by atoms with Gasteiger partial charge < -0.3 is 9.90 Å². The van der Waals surface area contributed by atoms with E-state index in [0.29, 0.717) is 0 Å². The van der Waals surface area contributed by atoms with Gasteiger partial charge in [0.1, 0.15) is 0 Å². The normalized spacial score (nSPS) is 8.00. The Kier molecular flexibility index (Phi) is 4.74. The van der Waals surface area contributed by atoms with Crippen molar-refractivity contribution in [3.05, 3.63) is 30.1 Å². The number of nitrogens with zero attached hydrogens (tertiary/aromatic N) is 1. The summed E-state index contributed by atoms with van der Waals surface area (Å²) < 4.78 is 0. The average molecular weight is 263 g/mol. The Labute approximate surface area is 91.4 Å². The molecular formula is C6H4NO2Pr+2. The first-order chi connectivity index (χ1) is 4.30. The molecule has 1 aromatic heterocycles. The van der Waals surface area contributed by atoms with E-state index in [1.54, 1.807) is 6.07 Å². The maximum atomic E-state index is 10.0. The Hall–Kier alpha value is -0.0164. The molecule has 0 bridgehead atoms. The first-order valence-electron chi connectivity index (χ1n) is 2.42. The van der Waals surface area contributed by atoms with Crippen LogP contribution in [0.2, 0.25) is 0 Å². The second-order valence-corrected chi connectivity index (χ2v) is 1.53. The summed E-state index contributed by atoms with van der Waals surface area (Å²) in [4.78, 5) is 13.6. The van der Waals surface area contributed by atoms with Gasteiger partial charge in [-0.25, -0.2) is 0 Å². The summed E-state index contributed by atoms with van der Waals surface area (Å²) in [6, 6.07) is 2.98. The van der Waals surface area contributed by atoms with E-state index < -0.39 is 5.97 Å². The SMILES string of the molecule is O=C([O-])c1cccnc1.[Pr+3]. The van der Waals surface area contributed by atoms with Crippen LogP contribution in [0.1, 0.15) is 10.4 Å². The second kappa shape index (κ2) is 4.75. The maximum Gasteiger partial charge on any atom is 3.00 e. The van der Waals surface area contributed by atoms with Crippen LogP contribution in [0.15, 0.2) is 24.5 Å². The van der Waals surface area contributed by atoms with Gasteiger partial charge in [-0.15, -0.1) is 0 Å². The van der Waals surface area contributed by atoms with E-state index >= 15 is 0 Å². The summed E-state index contributed by atoms with van der Waals surface area (Å²) >= 11 is 0. The number of aromatic carboxylic acids is 1. The first kappa shape index (κ1) is 9.98. The summed E-state index contributed by atoms with van der Waals surface area (Å²) in [5.74, 6) is -1.19. The summed E-state index contributed by atoms with van der Waals surface area (Å²) in [5, 5.41) is 10.0. The molecule has 0 aliphatic heterocycles. The number of rotatable bonds is 1. The first-order valence-corrected chi connectivity index (χ1v) is 2.42. The third kappa shape index (κ3) is 2.71. The Morgan fingerprint density at radius 2 is 2.30 bits per heavy atom. The van der Waals surface area contributed by atoms with Gasteiger partial charge >= 0.3 is 41.3 Å². The smallest absolute Gasteiger partial charge is 0.545 e. The number of carboxylic acid groups (broad SMARTS) is 1. The van der Waals surface area contributed by atoms with Crippen molar-refractivity contribution in [1.82, 2.24) is 4.98 Å².